The molecule has 1 fully saturated rings. The van der Waals surface area contributed by atoms with Crippen LogP contribution in [0.4, 0.5) is 0 Å². The van der Waals surface area contributed by atoms with E-state index >= 15 is 0 Å². The summed E-state index contributed by atoms with van der Waals surface area (Å²) in [7, 11) is 0. The highest BCUT2D eigenvalue weighted by molar-refractivity contribution is 5.08. The van der Waals surface area contributed by atoms with Crippen LogP contribution in [-0.4, -0.2) is 34.0 Å². The molecule has 5 nitrogen and oxygen atoms in total. The van der Waals surface area contributed by atoms with Gasteiger partial charge in [0.05, 0.1) is 12.1 Å². The van der Waals surface area contributed by atoms with Crippen LogP contribution in [0.15, 0.2) is 0 Å². The predicted molar refractivity (Wildman–Crippen MR) is 82.1 cm³/mol. The van der Waals surface area contributed by atoms with Gasteiger partial charge in [-0.3, -0.25) is 0 Å². The lowest BCUT2D eigenvalue weighted by molar-refractivity contribution is 0.0110. The molecule has 0 amide bonds. The second-order valence-electron chi connectivity index (χ2n) is 7.41. The van der Waals surface area contributed by atoms with Crippen molar-refractivity contribution in [1.29, 1.82) is 0 Å². The smallest absolute Gasteiger partial charge is 0.150 e. The lowest BCUT2D eigenvalue weighted by Gasteiger charge is -2.34. The Morgan fingerprint density at radius 1 is 1.29 bits per heavy atom. The zero-order chi connectivity index (χ0) is 14.9. The van der Waals surface area contributed by atoms with E-state index in [-0.39, 0.29) is 5.41 Å². The van der Waals surface area contributed by atoms with Crippen LogP contribution in [0.1, 0.15) is 64.1 Å². The predicted octanol–water partition coefficient (Wildman–Crippen LogP) is 2.47. The summed E-state index contributed by atoms with van der Waals surface area (Å²) in [4.78, 5) is 0. The van der Waals surface area contributed by atoms with E-state index in [1.54, 1.807) is 0 Å². The van der Waals surface area contributed by atoms with E-state index in [2.05, 4.69) is 40.9 Å². The molecule has 0 aliphatic carbocycles. The number of nitrogens with zero attached hydrogens (tertiary/aromatic N) is 3. The van der Waals surface area contributed by atoms with Crippen molar-refractivity contribution in [3.63, 3.8) is 0 Å². The second-order valence-corrected chi connectivity index (χ2v) is 7.41. The Bertz CT molecular complexity index is 471. The first-order valence-electron chi connectivity index (χ1n) is 8.32. The summed E-state index contributed by atoms with van der Waals surface area (Å²) in [5, 5.41) is 12.5. The molecule has 3 rings (SSSR count). The average molecular weight is 292 g/mol. The van der Waals surface area contributed by atoms with Gasteiger partial charge < -0.3 is 14.6 Å². The highest BCUT2D eigenvalue weighted by Gasteiger charge is 2.33. The molecular formula is C16H28N4O. The van der Waals surface area contributed by atoms with Crippen molar-refractivity contribution in [2.45, 2.75) is 71.6 Å². The molecule has 5 heteroatoms. The number of hydrogen-bond donors (Lipinski definition) is 1. The third-order valence-electron chi connectivity index (χ3n) is 4.63. The summed E-state index contributed by atoms with van der Waals surface area (Å²) >= 11 is 0. The number of nitrogens with one attached hydrogen (secondary N) is 1. The van der Waals surface area contributed by atoms with Crippen LogP contribution in [-0.2, 0) is 17.7 Å². The van der Waals surface area contributed by atoms with Crippen molar-refractivity contribution < 1.29 is 4.74 Å². The Balaban J connectivity index is 1.69. The lowest BCUT2D eigenvalue weighted by Crippen LogP contribution is -2.41. The van der Waals surface area contributed by atoms with Crippen molar-refractivity contribution in [1.82, 2.24) is 20.1 Å². The largest absolute Gasteiger partial charge is 0.378 e. The van der Waals surface area contributed by atoms with Gasteiger partial charge in [0.15, 0.2) is 5.82 Å². The Morgan fingerprint density at radius 2 is 2.14 bits per heavy atom. The summed E-state index contributed by atoms with van der Waals surface area (Å²) in [5.74, 6) is 2.24. The molecule has 0 spiro atoms. The molecule has 2 aliphatic heterocycles. The summed E-state index contributed by atoms with van der Waals surface area (Å²) in [5.41, 5.74) is 0.162. The van der Waals surface area contributed by atoms with Crippen LogP contribution in [0, 0.1) is 5.41 Å². The summed E-state index contributed by atoms with van der Waals surface area (Å²) in [6, 6.07) is 0.290. The van der Waals surface area contributed by atoms with E-state index in [0.29, 0.717) is 12.1 Å². The van der Waals surface area contributed by atoms with Gasteiger partial charge in [0.2, 0.25) is 0 Å². The molecule has 2 unspecified atom stereocenters. The molecule has 1 saturated heterocycles. The van der Waals surface area contributed by atoms with Gasteiger partial charge >= 0.3 is 0 Å². The molecular weight excluding hydrogens is 264 g/mol. The molecule has 1 aromatic heterocycles. The maximum Gasteiger partial charge on any atom is 0.150 e. The van der Waals surface area contributed by atoms with Crippen LogP contribution in [0.25, 0.3) is 0 Å². The Kier molecular flexibility index (Phi) is 4.31. The molecule has 0 radical (unpaired) electrons. The number of aromatic nitrogens is 3. The third kappa shape index (κ3) is 3.29. The number of fused-ring (bicyclic) bond motifs is 1. The summed E-state index contributed by atoms with van der Waals surface area (Å²) < 4.78 is 8.15. The molecule has 0 saturated carbocycles. The normalized spacial score (nSPS) is 26.6. The van der Waals surface area contributed by atoms with Gasteiger partial charge in [-0.2, -0.15) is 0 Å². The maximum atomic E-state index is 5.83. The van der Waals surface area contributed by atoms with Gasteiger partial charge in [-0.25, -0.2) is 0 Å². The quantitative estimate of drug-likeness (QED) is 0.930. The van der Waals surface area contributed by atoms with E-state index in [4.69, 9.17) is 4.74 Å². The minimum atomic E-state index is 0.162. The molecule has 3 heterocycles. The monoisotopic (exact) mass is 292 g/mol. The van der Waals surface area contributed by atoms with Gasteiger partial charge in [0.25, 0.3) is 0 Å². The van der Waals surface area contributed by atoms with Crippen molar-refractivity contribution in [2.75, 3.05) is 13.2 Å². The van der Waals surface area contributed by atoms with Crippen LogP contribution >= 0.6 is 0 Å². The number of aryl methyl sites for hydroxylation is 1. The van der Waals surface area contributed by atoms with Gasteiger partial charge in [-0.1, -0.05) is 20.8 Å². The van der Waals surface area contributed by atoms with E-state index in [1.165, 1.54) is 19.3 Å². The van der Waals surface area contributed by atoms with Gasteiger partial charge in [0, 0.05) is 26.1 Å². The van der Waals surface area contributed by atoms with Crippen LogP contribution in [0.5, 0.6) is 0 Å². The van der Waals surface area contributed by atoms with Crippen molar-refractivity contribution in [3.8, 4) is 0 Å². The van der Waals surface area contributed by atoms with E-state index in [0.717, 1.165) is 44.2 Å². The van der Waals surface area contributed by atoms with Gasteiger partial charge in [0.1, 0.15) is 5.82 Å². The fraction of sp³-hybridized carbons (Fsp3) is 0.875. The second kappa shape index (κ2) is 6.05. The Hall–Kier alpha value is -0.940. The first-order chi connectivity index (χ1) is 10.1. The molecule has 0 aromatic carbocycles. The zero-order valence-electron chi connectivity index (χ0n) is 13.6. The maximum absolute atomic E-state index is 5.83. The average Bonchev–Trinajstić information content (AvgIpc) is 2.88. The molecule has 1 N–H and O–H groups in total. The molecule has 118 valence electrons. The Morgan fingerprint density at radius 3 is 2.86 bits per heavy atom. The van der Waals surface area contributed by atoms with Crippen LogP contribution in [0.3, 0.4) is 0 Å². The first-order valence-corrected chi connectivity index (χ1v) is 8.32. The molecule has 21 heavy (non-hydrogen) atoms. The third-order valence-corrected chi connectivity index (χ3v) is 4.63. The number of rotatable bonds is 3. The van der Waals surface area contributed by atoms with Crippen molar-refractivity contribution in [3.05, 3.63) is 11.6 Å². The topological polar surface area (TPSA) is 52.0 Å². The molecule has 1 aromatic rings. The minimum Gasteiger partial charge on any atom is -0.378 e. The van der Waals surface area contributed by atoms with E-state index in [9.17, 15) is 0 Å². The zero-order valence-corrected chi connectivity index (χ0v) is 13.6. The first kappa shape index (κ1) is 15.0. The SMILES string of the molecule is CC(C)(C)C1NCCn2c(CCC3CCCCO3)nnc21. The molecule has 2 atom stereocenters. The molecule has 2 aliphatic rings. The van der Waals surface area contributed by atoms with E-state index < -0.39 is 0 Å². The summed E-state index contributed by atoms with van der Waals surface area (Å²) in [6.07, 6.45) is 6.20. The van der Waals surface area contributed by atoms with E-state index in [1.807, 2.05) is 0 Å². The van der Waals surface area contributed by atoms with Crippen LogP contribution in [0.2, 0.25) is 0 Å². The van der Waals surface area contributed by atoms with Gasteiger partial charge in [-0.05, 0) is 31.1 Å². The van der Waals surface area contributed by atoms with Gasteiger partial charge in [-0.15, -0.1) is 10.2 Å². The lowest BCUT2D eigenvalue weighted by atomic mass is 9.85. The fourth-order valence-corrected chi connectivity index (χ4v) is 3.42. The Labute approximate surface area is 127 Å². The number of hydrogen-bond acceptors (Lipinski definition) is 4. The minimum absolute atomic E-state index is 0.162. The fourth-order valence-electron chi connectivity index (χ4n) is 3.42. The number of ether oxygens (including phenoxy) is 1. The summed E-state index contributed by atoms with van der Waals surface area (Å²) in [6.45, 7) is 9.67. The van der Waals surface area contributed by atoms with Crippen molar-refractivity contribution >= 4 is 0 Å². The van der Waals surface area contributed by atoms with Crippen molar-refractivity contribution in [2.24, 2.45) is 5.41 Å². The molecule has 0 bridgehead atoms. The highest BCUT2D eigenvalue weighted by Crippen LogP contribution is 2.33. The standard InChI is InChI=1S/C16H28N4O/c1-16(2,3)14-15-19-18-13(20(15)10-9-17-14)8-7-12-6-4-5-11-21-12/h12,14,17H,4-11H2,1-3H3. The van der Waals surface area contributed by atoms with Crippen LogP contribution < -0.4 is 5.32 Å². The highest BCUT2D eigenvalue weighted by atomic mass is 16.5.